The maximum absolute atomic E-state index is 12.6. The number of hydrogen-bond donors (Lipinski definition) is 2. The molecule has 3 rings (SSSR count). The number of hydrogen-bond acceptors (Lipinski definition) is 4. The zero-order valence-corrected chi connectivity index (χ0v) is 12.0. The quantitative estimate of drug-likeness (QED) is 0.878. The van der Waals surface area contributed by atoms with Crippen LogP contribution in [-0.2, 0) is 6.54 Å². The van der Waals surface area contributed by atoms with Crippen LogP contribution in [0.5, 0.6) is 5.75 Å². The van der Waals surface area contributed by atoms with Crippen molar-refractivity contribution in [2.45, 2.75) is 31.8 Å². The van der Waals surface area contributed by atoms with E-state index in [9.17, 15) is 9.59 Å². The van der Waals surface area contributed by atoms with E-state index in [1.165, 1.54) is 11.7 Å². The molecule has 6 nitrogen and oxygen atoms in total. The Bertz CT molecular complexity index is 757. The number of nitrogens with one attached hydrogen (secondary N) is 2. The van der Waals surface area contributed by atoms with E-state index >= 15 is 0 Å². The highest BCUT2D eigenvalue weighted by molar-refractivity contribution is 5.83. The summed E-state index contributed by atoms with van der Waals surface area (Å²) in [4.78, 5) is 27.5. The lowest BCUT2D eigenvalue weighted by Crippen LogP contribution is -2.44. The van der Waals surface area contributed by atoms with Crippen LogP contribution in [0.25, 0.3) is 10.9 Å². The molecule has 0 aliphatic carbocycles. The largest absolute Gasteiger partial charge is 0.495 e. The lowest BCUT2D eigenvalue weighted by atomic mass is 10.1. The number of rotatable bonds is 3. The smallest absolute Gasteiger partial charge is 0.328 e. The molecule has 2 N–H and O–H groups in total. The number of piperidine rings is 1. The summed E-state index contributed by atoms with van der Waals surface area (Å²) in [5, 5.41) is 3.83. The van der Waals surface area contributed by atoms with Crippen LogP contribution in [0.1, 0.15) is 19.3 Å². The molecule has 0 spiro atoms. The van der Waals surface area contributed by atoms with Gasteiger partial charge in [-0.1, -0.05) is 12.5 Å². The second kappa shape index (κ2) is 5.73. The van der Waals surface area contributed by atoms with Gasteiger partial charge in [0.1, 0.15) is 5.75 Å². The fraction of sp³-hybridized carbons (Fsp3) is 0.467. The van der Waals surface area contributed by atoms with Gasteiger partial charge in [-0.3, -0.25) is 9.36 Å². The fourth-order valence-electron chi connectivity index (χ4n) is 2.89. The summed E-state index contributed by atoms with van der Waals surface area (Å²) in [7, 11) is 1.52. The first-order chi connectivity index (χ1) is 10.2. The number of benzene rings is 1. The monoisotopic (exact) mass is 289 g/mol. The van der Waals surface area contributed by atoms with Crippen LogP contribution in [0.3, 0.4) is 0 Å². The minimum atomic E-state index is -0.385. The molecule has 112 valence electrons. The molecule has 2 heterocycles. The molecule has 1 saturated heterocycles. The number of ether oxygens (including phenoxy) is 1. The summed E-state index contributed by atoms with van der Waals surface area (Å²) >= 11 is 0. The SMILES string of the molecule is COc1cccc2c(=O)n(CC3CCCCN3)c(=O)[nH]c12. The van der Waals surface area contributed by atoms with Gasteiger partial charge in [-0.05, 0) is 31.5 Å². The molecule has 0 saturated carbocycles. The molecule has 0 bridgehead atoms. The van der Waals surface area contributed by atoms with Crippen molar-refractivity contribution >= 4 is 10.9 Å². The van der Waals surface area contributed by atoms with E-state index in [1.54, 1.807) is 18.2 Å². The van der Waals surface area contributed by atoms with E-state index in [2.05, 4.69) is 10.3 Å². The van der Waals surface area contributed by atoms with Gasteiger partial charge in [0.05, 0.1) is 18.0 Å². The Morgan fingerprint density at radius 1 is 1.33 bits per heavy atom. The number of H-pyrrole nitrogens is 1. The average Bonchev–Trinajstić information content (AvgIpc) is 2.52. The summed E-state index contributed by atoms with van der Waals surface area (Å²) in [5.74, 6) is 0.504. The fourth-order valence-corrected chi connectivity index (χ4v) is 2.89. The zero-order chi connectivity index (χ0) is 14.8. The van der Waals surface area contributed by atoms with E-state index < -0.39 is 0 Å². The number of para-hydroxylation sites is 1. The van der Waals surface area contributed by atoms with Crippen LogP contribution < -0.4 is 21.3 Å². The molecule has 0 amide bonds. The van der Waals surface area contributed by atoms with Gasteiger partial charge >= 0.3 is 5.69 Å². The minimum absolute atomic E-state index is 0.181. The summed E-state index contributed by atoms with van der Waals surface area (Å²) in [5.41, 5.74) is -0.188. The summed E-state index contributed by atoms with van der Waals surface area (Å²) in [6, 6.07) is 5.37. The van der Waals surface area contributed by atoms with Crippen molar-refractivity contribution in [3.63, 3.8) is 0 Å². The predicted molar refractivity (Wildman–Crippen MR) is 81.0 cm³/mol. The zero-order valence-electron chi connectivity index (χ0n) is 12.0. The molecule has 1 aromatic carbocycles. The van der Waals surface area contributed by atoms with Gasteiger partial charge in [-0.15, -0.1) is 0 Å². The molecule has 6 heteroatoms. The molecular formula is C15H19N3O3. The molecular weight excluding hydrogens is 270 g/mol. The molecule has 2 aromatic rings. The number of aromatic amines is 1. The van der Waals surface area contributed by atoms with Crippen molar-refractivity contribution in [3.8, 4) is 5.75 Å². The van der Waals surface area contributed by atoms with E-state index in [0.717, 1.165) is 25.8 Å². The first-order valence-corrected chi connectivity index (χ1v) is 7.24. The molecule has 1 aliphatic heterocycles. The number of aromatic nitrogens is 2. The minimum Gasteiger partial charge on any atom is -0.495 e. The average molecular weight is 289 g/mol. The second-order valence-corrected chi connectivity index (χ2v) is 5.38. The van der Waals surface area contributed by atoms with Crippen molar-refractivity contribution in [3.05, 3.63) is 39.0 Å². The van der Waals surface area contributed by atoms with Crippen molar-refractivity contribution < 1.29 is 4.74 Å². The maximum Gasteiger partial charge on any atom is 0.328 e. The van der Waals surface area contributed by atoms with Crippen LogP contribution in [0, 0.1) is 0 Å². The van der Waals surface area contributed by atoms with Gasteiger partial charge in [0, 0.05) is 12.6 Å². The Morgan fingerprint density at radius 3 is 2.90 bits per heavy atom. The highest BCUT2D eigenvalue weighted by Gasteiger charge is 2.17. The summed E-state index contributed by atoms with van der Waals surface area (Å²) < 4.78 is 6.48. The number of fused-ring (bicyclic) bond motifs is 1. The summed E-state index contributed by atoms with van der Waals surface area (Å²) in [6.45, 7) is 1.35. The van der Waals surface area contributed by atoms with Gasteiger partial charge < -0.3 is 15.0 Å². The van der Waals surface area contributed by atoms with Crippen molar-refractivity contribution in [1.29, 1.82) is 0 Å². The Hall–Kier alpha value is -2.08. The van der Waals surface area contributed by atoms with Crippen molar-refractivity contribution in [2.24, 2.45) is 0 Å². The Labute approximate surface area is 121 Å². The van der Waals surface area contributed by atoms with Gasteiger partial charge in [-0.25, -0.2) is 4.79 Å². The number of methoxy groups -OCH3 is 1. The first kappa shape index (κ1) is 13.9. The Balaban J connectivity index is 2.07. The molecule has 0 radical (unpaired) electrons. The molecule has 1 aliphatic rings. The van der Waals surface area contributed by atoms with E-state index in [4.69, 9.17) is 4.74 Å². The predicted octanol–water partition coefficient (Wildman–Crippen LogP) is 0.840. The van der Waals surface area contributed by atoms with Crippen LogP contribution in [0.15, 0.2) is 27.8 Å². The third-order valence-corrected chi connectivity index (χ3v) is 4.01. The van der Waals surface area contributed by atoms with Gasteiger partial charge in [0.25, 0.3) is 5.56 Å². The lowest BCUT2D eigenvalue weighted by molar-refractivity contribution is 0.355. The lowest BCUT2D eigenvalue weighted by Gasteiger charge is -2.23. The van der Waals surface area contributed by atoms with Gasteiger partial charge in [0.15, 0.2) is 0 Å². The first-order valence-electron chi connectivity index (χ1n) is 7.24. The third kappa shape index (κ3) is 2.58. The maximum atomic E-state index is 12.6. The van der Waals surface area contributed by atoms with Crippen LogP contribution >= 0.6 is 0 Å². The molecule has 1 atom stereocenters. The van der Waals surface area contributed by atoms with E-state index in [0.29, 0.717) is 23.2 Å². The van der Waals surface area contributed by atoms with Crippen LogP contribution in [0.2, 0.25) is 0 Å². The highest BCUT2D eigenvalue weighted by Crippen LogP contribution is 2.19. The van der Waals surface area contributed by atoms with E-state index in [-0.39, 0.29) is 17.3 Å². The molecule has 1 aromatic heterocycles. The summed E-state index contributed by atoms with van der Waals surface area (Å²) in [6.07, 6.45) is 3.27. The van der Waals surface area contributed by atoms with Crippen LogP contribution in [0.4, 0.5) is 0 Å². The standard InChI is InChI=1S/C15H19N3O3/c1-21-12-7-4-6-11-13(12)17-15(20)18(14(11)19)9-10-5-2-3-8-16-10/h4,6-7,10,16H,2-3,5,8-9H2,1H3,(H,17,20). The second-order valence-electron chi connectivity index (χ2n) is 5.38. The molecule has 1 unspecified atom stereocenters. The van der Waals surface area contributed by atoms with Crippen molar-refractivity contribution in [2.75, 3.05) is 13.7 Å². The van der Waals surface area contributed by atoms with Crippen LogP contribution in [-0.4, -0.2) is 29.2 Å². The Kier molecular flexibility index (Phi) is 3.79. The molecule has 21 heavy (non-hydrogen) atoms. The normalized spacial score (nSPS) is 18.8. The van der Waals surface area contributed by atoms with E-state index in [1.807, 2.05) is 0 Å². The Morgan fingerprint density at radius 2 is 2.19 bits per heavy atom. The van der Waals surface area contributed by atoms with Gasteiger partial charge in [-0.2, -0.15) is 0 Å². The molecule has 1 fully saturated rings. The topological polar surface area (TPSA) is 76.1 Å². The highest BCUT2D eigenvalue weighted by atomic mass is 16.5. The van der Waals surface area contributed by atoms with Crippen molar-refractivity contribution in [1.82, 2.24) is 14.9 Å². The van der Waals surface area contributed by atoms with Gasteiger partial charge in [0.2, 0.25) is 0 Å². The number of nitrogens with zero attached hydrogens (tertiary/aromatic N) is 1. The third-order valence-electron chi connectivity index (χ3n) is 4.01.